The van der Waals surface area contributed by atoms with Crippen molar-refractivity contribution in [2.75, 3.05) is 19.8 Å². The summed E-state index contributed by atoms with van der Waals surface area (Å²) in [5, 5.41) is 0. The van der Waals surface area contributed by atoms with Crippen molar-refractivity contribution in [1.29, 1.82) is 0 Å². The number of H-pyrrole nitrogens is 1. The van der Waals surface area contributed by atoms with Gasteiger partial charge in [0.05, 0.1) is 25.7 Å². The van der Waals surface area contributed by atoms with Crippen LogP contribution in [-0.2, 0) is 16.0 Å². The maximum atomic E-state index is 12.8. The number of aryl methyl sites for hydroxylation is 1. The Balaban J connectivity index is 1.56. The van der Waals surface area contributed by atoms with Gasteiger partial charge in [0.1, 0.15) is 5.82 Å². The second kappa shape index (κ2) is 6.99. The highest BCUT2D eigenvalue weighted by atomic mass is 16.5. The van der Waals surface area contributed by atoms with Crippen molar-refractivity contribution in [3.05, 3.63) is 46.1 Å². The first-order valence-electron chi connectivity index (χ1n) is 9.01. The largest absolute Gasteiger partial charge is 0.379 e. The number of piperidine rings is 1. The fraction of sp³-hybridized carbons (Fsp3) is 0.474. The van der Waals surface area contributed by atoms with Gasteiger partial charge in [0.25, 0.3) is 5.56 Å². The quantitative estimate of drug-likeness (QED) is 0.898. The van der Waals surface area contributed by atoms with Crippen LogP contribution in [0, 0.1) is 12.8 Å². The molecule has 2 aliphatic heterocycles. The van der Waals surface area contributed by atoms with Crippen LogP contribution in [0.5, 0.6) is 0 Å². The van der Waals surface area contributed by atoms with Crippen LogP contribution in [0.1, 0.15) is 24.1 Å². The molecular formula is C19H22N4O3. The lowest BCUT2D eigenvalue weighted by Crippen LogP contribution is -2.49. The summed E-state index contributed by atoms with van der Waals surface area (Å²) in [4.78, 5) is 38.6. The van der Waals surface area contributed by atoms with E-state index in [9.17, 15) is 9.59 Å². The van der Waals surface area contributed by atoms with Crippen molar-refractivity contribution in [2.45, 2.75) is 32.2 Å². The molecule has 136 valence electrons. The number of aromatic amines is 1. The minimum absolute atomic E-state index is 0.0188. The lowest BCUT2D eigenvalue weighted by Gasteiger charge is -2.36. The third kappa shape index (κ3) is 3.14. The maximum absolute atomic E-state index is 12.8. The minimum Gasteiger partial charge on any atom is -0.379 e. The van der Waals surface area contributed by atoms with E-state index in [0.29, 0.717) is 29.6 Å². The highest BCUT2D eigenvalue weighted by Gasteiger charge is 2.38. The van der Waals surface area contributed by atoms with Crippen LogP contribution in [0.15, 0.2) is 29.3 Å². The van der Waals surface area contributed by atoms with E-state index in [4.69, 9.17) is 4.74 Å². The van der Waals surface area contributed by atoms with Crippen LogP contribution in [0.4, 0.5) is 0 Å². The third-order valence-corrected chi connectivity index (χ3v) is 5.34. The average molecular weight is 354 g/mol. The van der Waals surface area contributed by atoms with E-state index in [2.05, 4.69) is 15.0 Å². The Kier molecular flexibility index (Phi) is 4.55. The predicted octanol–water partition coefficient (Wildman–Crippen LogP) is 1.32. The Morgan fingerprint density at radius 2 is 2.31 bits per heavy atom. The zero-order chi connectivity index (χ0) is 18.1. The number of amides is 1. The topological polar surface area (TPSA) is 88.2 Å². The standard InChI is InChI=1S/C19H22N4O3/c1-12-15(19(25)22-18(21-12)13-4-2-6-20-9-13)8-17(24)23-7-3-5-14-10-26-11-16(14)23/h2,4,6,9,14,16H,3,5,7-8,10-11H2,1H3,(H,21,22,25)/t14-,16+/m1/s1. The van der Waals surface area contributed by atoms with Crippen molar-refractivity contribution in [2.24, 2.45) is 5.92 Å². The lowest BCUT2D eigenvalue weighted by atomic mass is 9.91. The van der Waals surface area contributed by atoms with Gasteiger partial charge in [0, 0.05) is 41.7 Å². The molecule has 0 aliphatic carbocycles. The number of fused-ring (bicyclic) bond motifs is 1. The number of nitrogens with one attached hydrogen (secondary N) is 1. The zero-order valence-corrected chi connectivity index (χ0v) is 14.8. The Hall–Kier alpha value is -2.54. The van der Waals surface area contributed by atoms with Crippen LogP contribution < -0.4 is 5.56 Å². The fourth-order valence-electron chi connectivity index (χ4n) is 3.92. The Morgan fingerprint density at radius 3 is 3.08 bits per heavy atom. The number of hydrogen-bond donors (Lipinski definition) is 1. The number of nitrogens with zero attached hydrogens (tertiary/aromatic N) is 3. The molecule has 7 heteroatoms. The van der Waals surface area contributed by atoms with Gasteiger partial charge in [-0.05, 0) is 31.9 Å². The van der Waals surface area contributed by atoms with Crippen LogP contribution in [0.25, 0.3) is 11.4 Å². The number of ether oxygens (including phenoxy) is 1. The molecule has 1 N–H and O–H groups in total. The molecule has 4 rings (SSSR count). The van der Waals surface area contributed by atoms with E-state index in [1.165, 1.54) is 0 Å². The maximum Gasteiger partial charge on any atom is 0.255 e. The van der Waals surface area contributed by atoms with Crippen molar-refractivity contribution in [3.63, 3.8) is 0 Å². The van der Waals surface area contributed by atoms with E-state index < -0.39 is 0 Å². The van der Waals surface area contributed by atoms with E-state index in [1.807, 2.05) is 11.0 Å². The molecular weight excluding hydrogens is 332 g/mol. The number of likely N-dealkylation sites (tertiary alicyclic amines) is 1. The van der Waals surface area contributed by atoms with Crippen molar-refractivity contribution < 1.29 is 9.53 Å². The van der Waals surface area contributed by atoms with Gasteiger partial charge in [-0.1, -0.05) is 0 Å². The summed E-state index contributed by atoms with van der Waals surface area (Å²) in [7, 11) is 0. The Bertz CT molecular complexity index is 865. The first kappa shape index (κ1) is 16.9. The zero-order valence-electron chi connectivity index (χ0n) is 14.8. The van der Waals surface area contributed by atoms with Gasteiger partial charge in [0.2, 0.25) is 5.91 Å². The molecule has 7 nitrogen and oxygen atoms in total. The fourth-order valence-corrected chi connectivity index (χ4v) is 3.92. The van der Waals surface area contributed by atoms with E-state index in [0.717, 1.165) is 31.6 Å². The second-order valence-electron chi connectivity index (χ2n) is 6.99. The SMILES string of the molecule is Cc1nc(-c2cccnc2)[nH]c(=O)c1CC(=O)N1CCC[C@@H]2COC[C@@H]21. The lowest BCUT2D eigenvalue weighted by molar-refractivity contribution is -0.134. The first-order valence-corrected chi connectivity index (χ1v) is 9.01. The molecule has 0 radical (unpaired) electrons. The Morgan fingerprint density at radius 1 is 1.42 bits per heavy atom. The average Bonchev–Trinajstić information content (AvgIpc) is 3.14. The molecule has 2 atom stereocenters. The number of aromatic nitrogens is 3. The predicted molar refractivity (Wildman–Crippen MR) is 95.6 cm³/mol. The summed E-state index contributed by atoms with van der Waals surface area (Å²) in [6, 6.07) is 3.78. The van der Waals surface area contributed by atoms with E-state index in [-0.39, 0.29) is 23.9 Å². The third-order valence-electron chi connectivity index (χ3n) is 5.34. The van der Waals surface area contributed by atoms with Crippen LogP contribution in [-0.4, -0.2) is 51.6 Å². The van der Waals surface area contributed by atoms with Gasteiger partial charge in [-0.25, -0.2) is 4.98 Å². The molecule has 0 saturated carbocycles. The van der Waals surface area contributed by atoms with E-state index in [1.54, 1.807) is 25.4 Å². The highest BCUT2D eigenvalue weighted by Crippen LogP contribution is 2.29. The molecule has 0 bridgehead atoms. The van der Waals surface area contributed by atoms with Gasteiger partial charge in [-0.2, -0.15) is 0 Å². The summed E-state index contributed by atoms with van der Waals surface area (Å²) in [6.45, 7) is 3.84. The molecule has 2 aromatic rings. The number of carbonyl (C=O) groups is 1. The van der Waals surface area contributed by atoms with Crippen molar-refractivity contribution >= 4 is 5.91 Å². The normalized spacial score (nSPS) is 22.3. The van der Waals surface area contributed by atoms with Crippen molar-refractivity contribution in [3.8, 4) is 11.4 Å². The number of pyridine rings is 1. The van der Waals surface area contributed by atoms with Crippen molar-refractivity contribution in [1.82, 2.24) is 19.9 Å². The molecule has 0 aromatic carbocycles. The van der Waals surface area contributed by atoms with Gasteiger partial charge in [0.15, 0.2) is 0 Å². The second-order valence-corrected chi connectivity index (χ2v) is 6.99. The van der Waals surface area contributed by atoms with E-state index >= 15 is 0 Å². The molecule has 26 heavy (non-hydrogen) atoms. The number of rotatable bonds is 3. The molecule has 2 aromatic heterocycles. The number of carbonyl (C=O) groups excluding carboxylic acids is 1. The molecule has 2 saturated heterocycles. The van der Waals surface area contributed by atoms with Gasteiger partial charge in [-0.3, -0.25) is 14.6 Å². The van der Waals surface area contributed by atoms with Gasteiger partial charge in [-0.15, -0.1) is 0 Å². The highest BCUT2D eigenvalue weighted by molar-refractivity contribution is 5.79. The molecule has 4 heterocycles. The molecule has 1 amide bonds. The van der Waals surface area contributed by atoms with Gasteiger partial charge < -0.3 is 14.6 Å². The summed E-state index contributed by atoms with van der Waals surface area (Å²) in [6.07, 6.45) is 5.49. The summed E-state index contributed by atoms with van der Waals surface area (Å²) < 4.78 is 5.55. The Labute approximate surface area is 151 Å². The van der Waals surface area contributed by atoms with Gasteiger partial charge >= 0.3 is 0 Å². The summed E-state index contributed by atoms with van der Waals surface area (Å²) in [5.74, 6) is 0.881. The monoisotopic (exact) mass is 354 g/mol. The molecule has 0 spiro atoms. The van der Waals surface area contributed by atoms with Crippen LogP contribution in [0.3, 0.4) is 0 Å². The molecule has 0 unspecified atom stereocenters. The summed E-state index contributed by atoms with van der Waals surface area (Å²) in [5.41, 5.74) is 1.49. The number of hydrogen-bond acceptors (Lipinski definition) is 5. The summed E-state index contributed by atoms with van der Waals surface area (Å²) >= 11 is 0. The van der Waals surface area contributed by atoms with Crippen LogP contribution >= 0.6 is 0 Å². The minimum atomic E-state index is -0.263. The smallest absolute Gasteiger partial charge is 0.255 e. The molecule has 2 aliphatic rings. The first-order chi connectivity index (χ1) is 12.6. The molecule has 2 fully saturated rings. The van der Waals surface area contributed by atoms with Crippen LogP contribution in [0.2, 0.25) is 0 Å².